The molecule has 0 aliphatic heterocycles. The summed E-state index contributed by atoms with van der Waals surface area (Å²) in [6.07, 6.45) is 4.52. The van der Waals surface area contributed by atoms with Gasteiger partial charge in [-0.2, -0.15) is 0 Å². The van der Waals surface area contributed by atoms with Gasteiger partial charge in [-0.05, 0) is 19.4 Å². The number of hydrogen-bond donors (Lipinski definition) is 1. The predicted molar refractivity (Wildman–Crippen MR) is 47.1 cm³/mol. The van der Waals surface area contributed by atoms with Crippen molar-refractivity contribution in [1.82, 2.24) is 5.32 Å². The van der Waals surface area contributed by atoms with E-state index in [1.807, 2.05) is 13.1 Å². The lowest BCUT2D eigenvalue weighted by Crippen LogP contribution is -2.29. The zero-order valence-electron chi connectivity index (χ0n) is 7.35. The van der Waals surface area contributed by atoms with Crippen LogP contribution in [-0.2, 0) is 0 Å². The summed E-state index contributed by atoms with van der Waals surface area (Å²) in [6, 6.07) is 0.486. The summed E-state index contributed by atoms with van der Waals surface area (Å²) in [4.78, 5) is 0. The molecule has 0 bridgehead atoms. The molecule has 0 aromatic rings. The highest BCUT2D eigenvalue weighted by atomic mass is 14.9. The molecule has 0 amide bonds. The Labute approximate surface area is 64.5 Å². The second kappa shape index (κ2) is 5.48. The summed E-state index contributed by atoms with van der Waals surface area (Å²) in [6.45, 7) is 8.24. The van der Waals surface area contributed by atoms with Crippen LogP contribution in [-0.4, -0.2) is 13.1 Å². The average molecular weight is 141 g/mol. The van der Waals surface area contributed by atoms with Gasteiger partial charge in [-0.25, -0.2) is 0 Å². The first kappa shape index (κ1) is 9.70. The van der Waals surface area contributed by atoms with Crippen molar-refractivity contribution in [2.75, 3.05) is 7.05 Å². The molecule has 1 N–H and O–H groups in total. The van der Waals surface area contributed by atoms with Crippen LogP contribution in [0.2, 0.25) is 0 Å². The molecule has 0 spiro atoms. The molecule has 0 aliphatic rings. The van der Waals surface area contributed by atoms with E-state index in [0.717, 1.165) is 0 Å². The normalized spacial score (nSPS) is 16.3. The van der Waals surface area contributed by atoms with Crippen LogP contribution in [0.4, 0.5) is 0 Å². The first-order valence-corrected chi connectivity index (χ1v) is 4.06. The Morgan fingerprint density at radius 1 is 1.60 bits per heavy atom. The molecule has 0 rings (SSSR count). The third-order valence-electron chi connectivity index (χ3n) is 1.94. The van der Waals surface area contributed by atoms with Crippen LogP contribution in [0, 0.1) is 5.92 Å². The van der Waals surface area contributed by atoms with Gasteiger partial charge >= 0.3 is 0 Å². The van der Waals surface area contributed by atoms with Crippen LogP contribution >= 0.6 is 0 Å². The number of likely N-dealkylation sites (N-methyl/N-ethyl adjacent to an activating group) is 1. The lowest BCUT2D eigenvalue weighted by molar-refractivity contribution is 0.429. The van der Waals surface area contributed by atoms with Gasteiger partial charge in [-0.15, -0.1) is 6.58 Å². The van der Waals surface area contributed by atoms with Gasteiger partial charge in [-0.3, -0.25) is 0 Å². The first-order chi connectivity index (χ1) is 4.76. The predicted octanol–water partition coefficient (Wildman–Crippen LogP) is 2.20. The fraction of sp³-hybridized carbons (Fsp3) is 0.778. The molecule has 0 aromatic carbocycles. The molecule has 2 atom stereocenters. The highest BCUT2D eigenvalue weighted by Gasteiger charge is 2.09. The third kappa shape index (κ3) is 3.02. The smallest absolute Gasteiger partial charge is 0.0270 e. The van der Waals surface area contributed by atoms with Crippen molar-refractivity contribution in [2.24, 2.45) is 5.92 Å². The van der Waals surface area contributed by atoms with Gasteiger partial charge in [0, 0.05) is 6.04 Å². The molecule has 0 heterocycles. The minimum atomic E-state index is 0.486. The van der Waals surface area contributed by atoms with E-state index in [9.17, 15) is 0 Å². The number of rotatable bonds is 5. The van der Waals surface area contributed by atoms with Crippen molar-refractivity contribution in [2.45, 2.75) is 32.7 Å². The highest BCUT2D eigenvalue weighted by Crippen LogP contribution is 2.10. The molecule has 1 nitrogen and oxygen atoms in total. The van der Waals surface area contributed by atoms with E-state index in [2.05, 4.69) is 25.7 Å². The van der Waals surface area contributed by atoms with E-state index in [1.165, 1.54) is 12.8 Å². The van der Waals surface area contributed by atoms with E-state index in [1.54, 1.807) is 0 Å². The van der Waals surface area contributed by atoms with Gasteiger partial charge in [0.05, 0.1) is 0 Å². The summed E-state index contributed by atoms with van der Waals surface area (Å²) in [5, 5.41) is 3.22. The summed E-state index contributed by atoms with van der Waals surface area (Å²) in [7, 11) is 1.98. The second-order valence-corrected chi connectivity index (χ2v) is 2.82. The van der Waals surface area contributed by atoms with Gasteiger partial charge in [0.15, 0.2) is 0 Å². The van der Waals surface area contributed by atoms with Gasteiger partial charge in [0.25, 0.3) is 0 Å². The average Bonchev–Trinajstić information content (AvgIpc) is 1.91. The van der Waals surface area contributed by atoms with E-state index in [4.69, 9.17) is 0 Å². The lowest BCUT2D eigenvalue weighted by atomic mass is 9.97. The summed E-state index contributed by atoms with van der Waals surface area (Å²) in [5.41, 5.74) is 0. The summed E-state index contributed by atoms with van der Waals surface area (Å²) >= 11 is 0. The van der Waals surface area contributed by atoms with Crippen molar-refractivity contribution < 1.29 is 0 Å². The molecule has 0 saturated carbocycles. The van der Waals surface area contributed by atoms with Crippen molar-refractivity contribution in [3.05, 3.63) is 12.7 Å². The lowest BCUT2D eigenvalue weighted by Gasteiger charge is -2.18. The molecular formula is C9H19N. The quantitative estimate of drug-likeness (QED) is 0.579. The second-order valence-electron chi connectivity index (χ2n) is 2.82. The number of nitrogens with one attached hydrogen (secondary N) is 1. The maximum atomic E-state index is 3.77. The Kier molecular flexibility index (Phi) is 5.32. The van der Waals surface area contributed by atoms with Gasteiger partial charge in [0.1, 0.15) is 0 Å². The van der Waals surface area contributed by atoms with Crippen LogP contribution in [0.15, 0.2) is 12.7 Å². The maximum absolute atomic E-state index is 3.77. The summed E-state index contributed by atoms with van der Waals surface area (Å²) < 4.78 is 0. The van der Waals surface area contributed by atoms with Crippen LogP contribution in [0.5, 0.6) is 0 Å². The molecule has 10 heavy (non-hydrogen) atoms. The molecule has 0 aliphatic carbocycles. The number of hydrogen-bond acceptors (Lipinski definition) is 1. The van der Waals surface area contributed by atoms with Crippen LogP contribution in [0.3, 0.4) is 0 Å². The van der Waals surface area contributed by atoms with E-state index in [-0.39, 0.29) is 0 Å². The zero-order chi connectivity index (χ0) is 7.98. The minimum absolute atomic E-state index is 0.486. The molecule has 0 aromatic heterocycles. The monoisotopic (exact) mass is 141 g/mol. The fourth-order valence-corrected chi connectivity index (χ4v) is 1.27. The molecule has 0 fully saturated rings. The van der Waals surface area contributed by atoms with E-state index >= 15 is 0 Å². The largest absolute Gasteiger partial charge is 0.313 e. The summed E-state index contributed by atoms with van der Waals surface area (Å²) in [5.74, 6) is 0.715. The SMILES string of the molecule is C=CC(NC)C(C)CCC. The minimum Gasteiger partial charge on any atom is -0.313 e. The van der Waals surface area contributed by atoms with Crippen molar-refractivity contribution in [1.29, 1.82) is 0 Å². The molecular weight excluding hydrogens is 122 g/mol. The van der Waals surface area contributed by atoms with Gasteiger partial charge in [-0.1, -0.05) is 26.3 Å². The zero-order valence-corrected chi connectivity index (χ0v) is 7.35. The Balaban J connectivity index is 3.63. The molecule has 0 radical (unpaired) electrons. The van der Waals surface area contributed by atoms with Gasteiger partial charge in [0.2, 0.25) is 0 Å². The Morgan fingerprint density at radius 3 is 2.50 bits per heavy atom. The van der Waals surface area contributed by atoms with Crippen molar-refractivity contribution in [3.8, 4) is 0 Å². The van der Waals surface area contributed by atoms with Crippen LogP contribution in [0.25, 0.3) is 0 Å². The Hall–Kier alpha value is -0.300. The Bertz CT molecular complexity index is 88.7. The maximum Gasteiger partial charge on any atom is 0.0270 e. The molecule has 0 saturated heterocycles. The molecule has 60 valence electrons. The first-order valence-electron chi connectivity index (χ1n) is 4.06. The third-order valence-corrected chi connectivity index (χ3v) is 1.94. The molecule has 1 heteroatoms. The Morgan fingerprint density at radius 2 is 2.20 bits per heavy atom. The van der Waals surface area contributed by atoms with E-state index in [0.29, 0.717) is 12.0 Å². The van der Waals surface area contributed by atoms with Crippen molar-refractivity contribution >= 4 is 0 Å². The van der Waals surface area contributed by atoms with Crippen molar-refractivity contribution in [3.63, 3.8) is 0 Å². The van der Waals surface area contributed by atoms with E-state index < -0.39 is 0 Å². The van der Waals surface area contributed by atoms with Gasteiger partial charge < -0.3 is 5.32 Å². The highest BCUT2D eigenvalue weighted by molar-refractivity contribution is 4.87. The topological polar surface area (TPSA) is 12.0 Å². The van der Waals surface area contributed by atoms with Crippen LogP contribution < -0.4 is 5.32 Å². The van der Waals surface area contributed by atoms with Crippen LogP contribution in [0.1, 0.15) is 26.7 Å². The molecule has 2 unspecified atom stereocenters. The fourth-order valence-electron chi connectivity index (χ4n) is 1.27. The standard InChI is InChI=1S/C9H19N/c1-5-7-8(3)9(6-2)10-4/h6,8-10H,2,5,7H2,1,3-4H3.